The van der Waals surface area contributed by atoms with Crippen molar-refractivity contribution in [1.29, 1.82) is 0 Å². The molecule has 1 aromatic rings. The first kappa shape index (κ1) is 15.5. The van der Waals surface area contributed by atoms with Gasteiger partial charge in [-0.15, -0.1) is 0 Å². The Labute approximate surface area is 125 Å². The van der Waals surface area contributed by atoms with E-state index in [0.29, 0.717) is 0 Å². The maximum Gasteiger partial charge on any atom is 0.243 e. The lowest BCUT2D eigenvalue weighted by Crippen LogP contribution is -2.54. The van der Waals surface area contributed by atoms with Crippen molar-refractivity contribution < 1.29 is 9.59 Å². The lowest BCUT2D eigenvalue weighted by molar-refractivity contribution is -0.139. The smallest absolute Gasteiger partial charge is 0.243 e. The second-order valence-corrected chi connectivity index (χ2v) is 5.54. The van der Waals surface area contributed by atoms with Gasteiger partial charge in [0.05, 0.1) is 12.1 Å². The molecule has 0 aromatic heterocycles. The maximum atomic E-state index is 12.6. The highest BCUT2D eigenvalue weighted by Gasteiger charge is 2.41. The van der Waals surface area contributed by atoms with Gasteiger partial charge in [-0.05, 0) is 37.9 Å². The Morgan fingerprint density at radius 1 is 1.33 bits per heavy atom. The van der Waals surface area contributed by atoms with Crippen molar-refractivity contribution >= 4 is 17.5 Å². The molecule has 2 amide bonds. The Kier molecular flexibility index (Phi) is 4.96. The number of para-hydroxylation sites is 1. The number of anilines is 1. The summed E-state index contributed by atoms with van der Waals surface area (Å²) < 4.78 is 0. The largest absolute Gasteiger partial charge is 0.335 e. The predicted molar refractivity (Wildman–Crippen MR) is 83.0 cm³/mol. The molecule has 1 heterocycles. The maximum absolute atomic E-state index is 12.6. The van der Waals surface area contributed by atoms with Crippen molar-refractivity contribution in [2.75, 3.05) is 25.5 Å². The van der Waals surface area contributed by atoms with Crippen LogP contribution in [0.3, 0.4) is 0 Å². The zero-order valence-corrected chi connectivity index (χ0v) is 12.7. The molecule has 1 fully saturated rings. The highest BCUT2D eigenvalue weighted by atomic mass is 16.2. The molecule has 2 rings (SSSR count). The van der Waals surface area contributed by atoms with Crippen LogP contribution in [0.15, 0.2) is 30.3 Å². The van der Waals surface area contributed by atoms with Gasteiger partial charge in [0.25, 0.3) is 0 Å². The Hall–Kier alpha value is -1.88. The topological polar surface area (TPSA) is 61.4 Å². The summed E-state index contributed by atoms with van der Waals surface area (Å²) in [5.74, 6) is -0.174. The number of amides is 2. The first-order valence-corrected chi connectivity index (χ1v) is 7.43. The van der Waals surface area contributed by atoms with Crippen LogP contribution >= 0.6 is 0 Å². The zero-order valence-electron chi connectivity index (χ0n) is 12.7. The third-order valence-corrected chi connectivity index (χ3v) is 4.04. The van der Waals surface area contributed by atoms with Crippen LogP contribution < -0.4 is 10.6 Å². The number of benzene rings is 1. The van der Waals surface area contributed by atoms with Gasteiger partial charge in [-0.3, -0.25) is 9.59 Å². The molecule has 1 aliphatic heterocycles. The van der Waals surface area contributed by atoms with Crippen molar-refractivity contribution in [3.05, 3.63) is 30.3 Å². The van der Waals surface area contributed by atoms with Crippen LogP contribution in [-0.4, -0.2) is 42.4 Å². The molecule has 21 heavy (non-hydrogen) atoms. The first-order chi connectivity index (χ1) is 10.1. The third kappa shape index (κ3) is 3.61. The monoisotopic (exact) mass is 289 g/mol. The van der Waals surface area contributed by atoms with E-state index in [1.165, 1.54) is 4.90 Å². The van der Waals surface area contributed by atoms with Gasteiger partial charge >= 0.3 is 0 Å². The lowest BCUT2D eigenvalue weighted by atomic mass is 9.92. The van der Waals surface area contributed by atoms with Crippen molar-refractivity contribution in [1.82, 2.24) is 10.2 Å². The Morgan fingerprint density at radius 2 is 2.05 bits per heavy atom. The second kappa shape index (κ2) is 6.72. The van der Waals surface area contributed by atoms with Gasteiger partial charge < -0.3 is 15.5 Å². The van der Waals surface area contributed by atoms with E-state index in [1.807, 2.05) is 37.3 Å². The number of carbonyl (C=O) groups is 2. The van der Waals surface area contributed by atoms with Crippen molar-refractivity contribution in [2.45, 2.75) is 31.7 Å². The number of carbonyl (C=O) groups excluding carboxylic acids is 2. The molecule has 0 spiro atoms. The van der Waals surface area contributed by atoms with E-state index < -0.39 is 5.54 Å². The van der Waals surface area contributed by atoms with Gasteiger partial charge in [0, 0.05) is 12.7 Å². The summed E-state index contributed by atoms with van der Waals surface area (Å²) in [4.78, 5) is 26.1. The molecule has 114 valence electrons. The minimum absolute atomic E-state index is 0.00529. The van der Waals surface area contributed by atoms with E-state index in [1.54, 1.807) is 7.05 Å². The van der Waals surface area contributed by atoms with Gasteiger partial charge in [0.15, 0.2) is 0 Å². The molecule has 2 N–H and O–H groups in total. The molecule has 0 radical (unpaired) electrons. The number of nitrogens with one attached hydrogen (secondary N) is 2. The summed E-state index contributed by atoms with van der Waals surface area (Å²) in [6.45, 7) is 2.94. The molecule has 1 aliphatic rings. The average Bonchev–Trinajstić information content (AvgIpc) is 2.97. The number of nitrogens with zero attached hydrogens (tertiary/aromatic N) is 1. The van der Waals surface area contributed by atoms with Gasteiger partial charge in [-0.1, -0.05) is 25.1 Å². The van der Waals surface area contributed by atoms with E-state index in [0.717, 1.165) is 31.5 Å². The second-order valence-electron chi connectivity index (χ2n) is 5.54. The quantitative estimate of drug-likeness (QED) is 0.866. The van der Waals surface area contributed by atoms with Gasteiger partial charge in [-0.2, -0.15) is 0 Å². The molecule has 1 atom stereocenters. The molecular formula is C16H23N3O2. The van der Waals surface area contributed by atoms with Crippen LogP contribution in [-0.2, 0) is 9.59 Å². The Morgan fingerprint density at radius 3 is 2.62 bits per heavy atom. The molecule has 1 unspecified atom stereocenters. The standard InChI is InChI=1S/C16H23N3O2/c1-3-16(10-7-11-17-16)15(21)19(2)12-14(20)18-13-8-5-4-6-9-13/h4-6,8-9,17H,3,7,10-12H2,1-2H3,(H,18,20). The van der Waals surface area contributed by atoms with Crippen molar-refractivity contribution in [3.8, 4) is 0 Å². The van der Waals surface area contributed by atoms with Crippen molar-refractivity contribution in [2.24, 2.45) is 0 Å². The summed E-state index contributed by atoms with van der Waals surface area (Å²) in [5, 5.41) is 6.10. The summed E-state index contributed by atoms with van der Waals surface area (Å²) in [5.41, 5.74) is 0.259. The fourth-order valence-electron chi connectivity index (χ4n) is 2.82. The van der Waals surface area contributed by atoms with Crippen molar-refractivity contribution in [3.63, 3.8) is 0 Å². The van der Waals surface area contributed by atoms with E-state index in [4.69, 9.17) is 0 Å². The van der Waals surface area contributed by atoms with Crippen LogP contribution in [0.4, 0.5) is 5.69 Å². The molecule has 0 aliphatic carbocycles. The molecule has 0 saturated carbocycles. The van der Waals surface area contributed by atoms with Gasteiger partial charge in [0.1, 0.15) is 0 Å². The summed E-state index contributed by atoms with van der Waals surface area (Å²) in [7, 11) is 1.68. The highest BCUT2D eigenvalue weighted by Crippen LogP contribution is 2.25. The van der Waals surface area contributed by atoms with E-state index >= 15 is 0 Å². The molecule has 1 aromatic carbocycles. The van der Waals surface area contributed by atoms with Crippen LogP contribution in [0.1, 0.15) is 26.2 Å². The van der Waals surface area contributed by atoms with Crippen LogP contribution in [0, 0.1) is 0 Å². The first-order valence-electron chi connectivity index (χ1n) is 7.43. The normalized spacial score (nSPS) is 21.0. The third-order valence-electron chi connectivity index (χ3n) is 4.04. The zero-order chi connectivity index (χ0) is 15.3. The SMILES string of the molecule is CCC1(C(=O)N(C)CC(=O)Nc2ccccc2)CCCN1. The minimum atomic E-state index is -0.484. The van der Waals surface area contributed by atoms with Crippen LogP contribution in [0.5, 0.6) is 0 Å². The Balaban J connectivity index is 1.93. The molecular weight excluding hydrogens is 266 g/mol. The molecule has 0 bridgehead atoms. The fourth-order valence-corrected chi connectivity index (χ4v) is 2.82. The minimum Gasteiger partial charge on any atom is -0.335 e. The number of hydrogen-bond donors (Lipinski definition) is 2. The number of rotatable bonds is 5. The van der Waals surface area contributed by atoms with E-state index in [9.17, 15) is 9.59 Å². The summed E-state index contributed by atoms with van der Waals surface area (Å²) >= 11 is 0. The average molecular weight is 289 g/mol. The molecule has 1 saturated heterocycles. The van der Waals surface area contributed by atoms with E-state index in [2.05, 4.69) is 10.6 Å². The summed E-state index contributed by atoms with van der Waals surface area (Å²) in [6.07, 6.45) is 2.59. The molecule has 5 nitrogen and oxygen atoms in total. The number of likely N-dealkylation sites (N-methyl/N-ethyl adjacent to an activating group) is 1. The van der Waals surface area contributed by atoms with E-state index in [-0.39, 0.29) is 18.4 Å². The summed E-state index contributed by atoms with van der Waals surface area (Å²) in [6, 6.07) is 9.26. The predicted octanol–water partition coefficient (Wildman–Crippen LogP) is 1.62. The fraction of sp³-hybridized carbons (Fsp3) is 0.500. The Bertz CT molecular complexity index is 496. The van der Waals surface area contributed by atoms with Gasteiger partial charge in [0.2, 0.25) is 11.8 Å². The van der Waals surface area contributed by atoms with Gasteiger partial charge in [-0.25, -0.2) is 0 Å². The number of hydrogen-bond acceptors (Lipinski definition) is 3. The highest BCUT2D eigenvalue weighted by molar-refractivity contribution is 5.96. The molecule has 5 heteroatoms. The van der Waals surface area contributed by atoms with Crippen LogP contribution in [0.2, 0.25) is 0 Å². The van der Waals surface area contributed by atoms with Crippen LogP contribution in [0.25, 0.3) is 0 Å². The lowest BCUT2D eigenvalue weighted by Gasteiger charge is -2.31.